The summed E-state index contributed by atoms with van der Waals surface area (Å²) in [4.78, 5) is 40.2. The number of rotatable bonds is 10. The number of hydrogen-bond donors (Lipinski definition) is 2. The van der Waals surface area contributed by atoms with Gasteiger partial charge in [-0.3, -0.25) is 14.9 Å². The van der Waals surface area contributed by atoms with Crippen LogP contribution in [0.5, 0.6) is 5.75 Å². The Morgan fingerprint density at radius 1 is 1.21 bits per heavy atom. The quantitative estimate of drug-likeness (QED) is 0.188. The summed E-state index contributed by atoms with van der Waals surface area (Å²) in [6, 6.07) is 10.1. The molecule has 0 fully saturated rings. The number of hydrogen-bond acceptors (Lipinski definition) is 8. The van der Waals surface area contributed by atoms with Crippen LogP contribution in [0.1, 0.15) is 55.9 Å². The SMILES string of the molecule is COc1cccc(Cl)c1C(=O)N[C@@H](CCCNC(=O)OC(C)(C)C)c1ncc(-c2cccc([N+](=O)[O-])c2)o1. The van der Waals surface area contributed by atoms with E-state index in [0.29, 0.717) is 29.9 Å². The number of nitrogens with zero attached hydrogens (tertiary/aromatic N) is 2. The second-order valence-corrected chi connectivity index (χ2v) is 9.69. The molecule has 202 valence electrons. The molecule has 3 aromatic rings. The Kier molecular flexibility index (Phi) is 9.30. The molecule has 11 nitrogen and oxygen atoms in total. The van der Waals surface area contributed by atoms with Gasteiger partial charge in [-0.05, 0) is 45.7 Å². The summed E-state index contributed by atoms with van der Waals surface area (Å²) in [7, 11) is 1.43. The van der Waals surface area contributed by atoms with Crippen LogP contribution in [-0.2, 0) is 4.74 Å². The van der Waals surface area contributed by atoms with E-state index in [2.05, 4.69) is 15.6 Å². The molecule has 0 radical (unpaired) electrons. The van der Waals surface area contributed by atoms with Gasteiger partial charge >= 0.3 is 6.09 Å². The molecule has 1 aromatic heterocycles. The molecule has 38 heavy (non-hydrogen) atoms. The maximum atomic E-state index is 13.2. The van der Waals surface area contributed by atoms with Crippen molar-refractivity contribution in [2.75, 3.05) is 13.7 Å². The van der Waals surface area contributed by atoms with Crippen molar-refractivity contribution in [2.45, 2.75) is 45.3 Å². The number of carbonyl (C=O) groups excluding carboxylic acids is 2. The highest BCUT2D eigenvalue weighted by Crippen LogP contribution is 2.30. The molecule has 0 aliphatic heterocycles. The first-order chi connectivity index (χ1) is 18.0. The predicted molar refractivity (Wildman–Crippen MR) is 140 cm³/mol. The van der Waals surface area contributed by atoms with Gasteiger partial charge in [0.15, 0.2) is 5.76 Å². The van der Waals surface area contributed by atoms with Crippen molar-refractivity contribution >= 4 is 29.3 Å². The molecule has 0 spiro atoms. The van der Waals surface area contributed by atoms with Crippen LogP contribution in [-0.4, -0.2) is 41.2 Å². The average Bonchev–Trinajstić information content (AvgIpc) is 3.35. The van der Waals surface area contributed by atoms with E-state index in [1.165, 1.54) is 25.4 Å². The molecular formula is C26H29ClN4O7. The zero-order valence-corrected chi connectivity index (χ0v) is 22.2. The topological polar surface area (TPSA) is 146 Å². The van der Waals surface area contributed by atoms with E-state index in [1.54, 1.807) is 51.1 Å². The third-order valence-electron chi connectivity index (χ3n) is 5.23. The van der Waals surface area contributed by atoms with Crippen LogP contribution < -0.4 is 15.4 Å². The lowest BCUT2D eigenvalue weighted by Gasteiger charge is -2.20. The molecule has 2 N–H and O–H groups in total. The number of amides is 2. The Hall–Kier alpha value is -4.12. The van der Waals surface area contributed by atoms with Crippen molar-refractivity contribution in [3.8, 4) is 17.1 Å². The van der Waals surface area contributed by atoms with Crippen molar-refractivity contribution < 1.29 is 28.4 Å². The van der Waals surface area contributed by atoms with Gasteiger partial charge in [-0.15, -0.1) is 0 Å². The summed E-state index contributed by atoms with van der Waals surface area (Å²) in [6.07, 6.45) is 1.66. The number of nitro benzene ring substituents is 1. The Morgan fingerprint density at radius 3 is 2.63 bits per heavy atom. The summed E-state index contributed by atoms with van der Waals surface area (Å²) in [5.41, 5.74) is -0.110. The second kappa shape index (κ2) is 12.4. The van der Waals surface area contributed by atoms with Gasteiger partial charge in [0.05, 0.1) is 28.8 Å². The zero-order valence-electron chi connectivity index (χ0n) is 21.4. The summed E-state index contributed by atoms with van der Waals surface area (Å²) in [5, 5.41) is 16.9. The van der Waals surface area contributed by atoms with Crippen LogP contribution in [0.15, 0.2) is 53.1 Å². The molecule has 2 amide bonds. The number of ether oxygens (including phenoxy) is 2. The van der Waals surface area contributed by atoms with Crippen LogP contribution in [0.25, 0.3) is 11.3 Å². The van der Waals surface area contributed by atoms with Crippen LogP contribution in [0.2, 0.25) is 5.02 Å². The number of aromatic nitrogens is 1. The fourth-order valence-electron chi connectivity index (χ4n) is 3.55. The standard InChI is InChI=1S/C26H29ClN4O7/c1-26(2,3)38-25(33)28-13-7-11-19(30-23(32)22-18(27)10-6-12-20(22)36-4)24-29-15-21(37-24)16-8-5-9-17(14-16)31(34)35/h5-6,8-10,12,14-15,19H,7,11,13H2,1-4H3,(H,28,33)(H,30,32)/t19-/m0/s1. The molecule has 0 aliphatic carbocycles. The molecular weight excluding hydrogens is 516 g/mol. The Bertz CT molecular complexity index is 1300. The molecule has 0 saturated carbocycles. The van der Waals surface area contributed by atoms with E-state index in [9.17, 15) is 19.7 Å². The van der Waals surface area contributed by atoms with Crippen LogP contribution in [0, 0.1) is 10.1 Å². The number of carbonyl (C=O) groups is 2. The van der Waals surface area contributed by atoms with Gasteiger partial charge in [0.1, 0.15) is 17.4 Å². The first kappa shape index (κ1) is 28.5. The molecule has 0 bridgehead atoms. The summed E-state index contributed by atoms with van der Waals surface area (Å²) < 4.78 is 16.4. The minimum atomic E-state index is -0.712. The Labute approximate surface area is 224 Å². The molecule has 3 rings (SSSR count). The Balaban J connectivity index is 1.81. The van der Waals surface area contributed by atoms with Gasteiger partial charge in [-0.1, -0.05) is 29.8 Å². The third-order valence-corrected chi connectivity index (χ3v) is 5.54. The normalized spacial score (nSPS) is 11.9. The van der Waals surface area contributed by atoms with Crippen molar-refractivity contribution in [1.29, 1.82) is 0 Å². The Morgan fingerprint density at radius 2 is 1.95 bits per heavy atom. The van der Waals surface area contributed by atoms with Gasteiger partial charge < -0.3 is 24.5 Å². The van der Waals surface area contributed by atoms with Crippen molar-refractivity contribution in [3.63, 3.8) is 0 Å². The fraction of sp³-hybridized carbons (Fsp3) is 0.346. The van der Waals surface area contributed by atoms with E-state index in [4.69, 9.17) is 25.5 Å². The molecule has 12 heteroatoms. The number of nitro groups is 1. The summed E-state index contributed by atoms with van der Waals surface area (Å²) >= 11 is 6.28. The number of benzene rings is 2. The lowest BCUT2D eigenvalue weighted by Crippen LogP contribution is -2.34. The summed E-state index contributed by atoms with van der Waals surface area (Å²) in [5.74, 6) is 0.269. The summed E-state index contributed by atoms with van der Waals surface area (Å²) in [6.45, 7) is 5.57. The smallest absolute Gasteiger partial charge is 0.407 e. The van der Waals surface area contributed by atoms with E-state index in [0.717, 1.165) is 0 Å². The lowest BCUT2D eigenvalue weighted by molar-refractivity contribution is -0.384. The van der Waals surface area contributed by atoms with E-state index in [-0.39, 0.29) is 28.7 Å². The lowest BCUT2D eigenvalue weighted by atomic mass is 10.1. The molecule has 1 atom stereocenters. The number of oxazole rings is 1. The van der Waals surface area contributed by atoms with Gasteiger partial charge in [-0.2, -0.15) is 0 Å². The minimum absolute atomic E-state index is 0.0932. The third kappa shape index (κ3) is 7.69. The molecule has 0 aliphatic rings. The number of nitrogens with one attached hydrogen (secondary N) is 2. The molecule has 0 unspecified atom stereocenters. The first-order valence-electron chi connectivity index (χ1n) is 11.8. The largest absolute Gasteiger partial charge is 0.496 e. The van der Waals surface area contributed by atoms with E-state index >= 15 is 0 Å². The molecule has 2 aromatic carbocycles. The predicted octanol–water partition coefficient (Wildman–Crippen LogP) is 5.69. The maximum absolute atomic E-state index is 13.2. The fourth-order valence-corrected chi connectivity index (χ4v) is 3.80. The monoisotopic (exact) mass is 544 g/mol. The molecule has 0 saturated heterocycles. The van der Waals surface area contributed by atoms with Gasteiger partial charge in [0, 0.05) is 24.2 Å². The highest BCUT2D eigenvalue weighted by atomic mass is 35.5. The average molecular weight is 545 g/mol. The number of halogens is 1. The van der Waals surface area contributed by atoms with Crippen molar-refractivity contribution in [1.82, 2.24) is 15.6 Å². The maximum Gasteiger partial charge on any atom is 0.407 e. The van der Waals surface area contributed by atoms with E-state index < -0.39 is 28.6 Å². The van der Waals surface area contributed by atoms with Gasteiger partial charge in [-0.25, -0.2) is 9.78 Å². The van der Waals surface area contributed by atoms with Crippen LogP contribution >= 0.6 is 11.6 Å². The second-order valence-electron chi connectivity index (χ2n) is 9.28. The highest BCUT2D eigenvalue weighted by molar-refractivity contribution is 6.34. The van der Waals surface area contributed by atoms with Crippen molar-refractivity contribution in [2.24, 2.45) is 0 Å². The minimum Gasteiger partial charge on any atom is -0.496 e. The number of methoxy groups -OCH3 is 1. The molecule has 1 heterocycles. The van der Waals surface area contributed by atoms with E-state index in [1.807, 2.05) is 0 Å². The van der Waals surface area contributed by atoms with Gasteiger partial charge in [0.2, 0.25) is 5.89 Å². The number of alkyl carbamates (subject to hydrolysis) is 1. The van der Waals surface area contributed by atoms with Crippen LogP contribution in [0.4, 0.5) is 10.5 Å². The van der Waals surface area contributed by atoms with Crippen LogP contribution in [0.3, 0.4) is 0 Å². The highest BCUT2D eigenvalue weighted by Gasteiger charge is 2.25. The van der Waals surface area contributed by atoms with Crippen molar-refractivity contribution in [3.05, 3.63) is 75.3 Å². The zero-order chi connectivity index (χ0) is 27.9. The number of non-ortho nitro benzene ring substituents is 1. The van der Waals surface area contributed by atoms with Gasteiger partial charge in [0.25, 0.3) is 11.6 Å². The first-order valence-corrected chi connectivity index (χ1v) is 12.2.